The second-order valence-electron chi connectivity index (χ2n) is 5.93. The number of alkyl halides is 6. The molecule has 1 heterocycles. The minimum absolute atomic E-state index is 0.775. The van der Waals surface area contributed by atoms with Crippen LogP contribution in [-0.2, 0) is 4.79 Å². The van der Waals surface area contributed by atoms with Crippen molar-refractivity contribution in [2.45, 2.75) is 64.0 Å². The zero-order chi connectivity index (χ0) is 19.2. The fourth-order valence-electron chi connectivity index (χ4n) is 2.12. The van der Waals surface area contributed by atoms with Crippen molar-refractivity contribution < 1.29 is 36.2 Å². The number of carbonyl (C=O) groups is 1. The largest absolute Gasteiger partial charge is 0.426 e. The summed E-state index contributed by atoms with van der Waals surface area (Å²) in [7, 11) is 0. The number of halogens is 6. The number of aliphatic hydroxyl groups is 1. The van der Waals surface area contributed by atoms with E-state index < -0.39 is 36.8 Å². The molecule has 0 saturated carbocycles. The molecule has 1 fully saturated rings. The molecule has 1 aliphatic rings. The van der Waals surface area contributed by atoms with Crippen LogP contribution in [0.15, 0.2) is 0 Å². The second kappa shape index (κ2) is 8.89. The van der Waals surface area contributed by atoms with Gasteiger partial charge in [-0.25, -0.2) is 0 Å². The van der Waals surface area contributed by atoms with Crippen molar-refractivity contribution in [3.63, 3.8) is 0 Å². The van der Waals surface area contributed by atoms with Crippen molar-refractivity contribution in [1.29, 1.82) is 0 Å². The van der Waals surface area contributed by atoms with Crippen LogP contribution in [0.5, 0.6) is 0 Å². The monoisotopic (exact) mass is 366 g/mol. The van der Waals surface area contributed by atoms with Gasteiger partial charge in [0.2, 0.25) is 5.91 Å². The molecule has 4 nitrogen and oxygen atoms in total. The fourth-order valence-corrected chi connectivity index (χ4v) is 2.12. The summed E-state index contributed by atoms with van der Waals surface area (Å²) in [5.74, 6) is -0.785. The highest BCUT2D eigenvalue weighted by Gasteiger charge is 2.69. The summed E-state index contributed by atoms with van der Waals surface area (Å²) in [6.45, 7) is 7.21. The predicted molar refractivity (Wildman–Crippen MR) is 76.3 cm³/mol. The number of nitrogens with zero attached hydrogens (tertiary/aromatic N) is 1. The standard InChI is InChI=1S/C7H9F6NO2.C7H15N/c1-4(15)14-3-2-5(16,6(8,9)10)7(11,12)13;1-7(2)8-5-3-4-6-8/h16H,2-3H2,1H3,(H,14,15);7H,3-6H2,1-2H3. The summed E-state index contributed by atoms with van der Waals surface area (Å²) in [4.78, 5) is 12.8. The highest BCUT2D eigenvalue weighted by molar-refractivity contribution is 5.72. The van der Waals surface area contributed by atoms with Gasteiger partial charge in [0, 0.05) is 25.9 Å². The van der Waals surface area contributed by atoms with E-state index in [0.29, 0.717) is 0 Å². The number of nitrogens with one attached hydrogen (secondary N) is 1. The van der Waals surface area contributed by atoms with Gasteiger partial charge in [-0.3, -0.25) is 4.79 Å². The molecular weight excluding hydrogens is 342 g/mol. The van der Waals surface area contributed by atoms with Gasteiger partial charge in [0.1, 0.15) is 0 Å². The van der Waals surface area contributed by atoms with E-state index in [2.05, 4.69) is 18.7 Å². The van der Waals surface area contributed by atoms with Crippen LogP contribution >= 0.6 is 0 Å². The van der Waals surface area contributed by atoms with Crippen LogP contribution in [-0.4, -0.2) is 59.5 Å². The summed E-state index contributed by atoms with van der Waals surface area (Å²) in [6.07, 6.45) is -10.5. The van der Waals surface area contributed by atoms with E-state index in [1.165, 1.54) is 25.9 Å². The molecule has 1 amide bonds. The Hall–Kier alpha value is -1.03. The van der Waals surface area contributed by atoms with Crippen molar-refractivity contribution in [3.8, 4) is 0 Å². The Labute approximate surface area is 137 Å². The normalized spacial score (nSPS) is 16.8. The first-order chi connectivity index (χ1) is 10.7. The number of likely N-dealkylation sites (tertiary alicyclic amines) is 1. The molecule has 1 rings (SSSR count). The molecule has 1 aliphatic heterocycles. The topological polar surface area (TPSA) is 52.6 Å². The molecule has 2 N–H and O–H groups in total. The molecule has 1 saturated heterocycles. The molecule has 0 aliphatic carbocycles. The number of rotatable bonds is 4. The zero-order valence-corrected chi connectivity index (χ0v) is 13.9. The summed E-state index contributed by atoms with van der Waals surface area (Å²) >= 11 is 0. The zero-order valence-electron chi connectivity index (χ0n) is 13.9. The molecule has 0 bridgehead atoms. The Kier molecular flexibility index (Phi) is 8.51. The van der Waals surface area contributed by atoms with Crippen molar-refractivity contribution in [2.24, 2.45) is 0 Å². The van der Waals surface area contributed by atoms with Gasteiger partial charge in [-0.05, 0) is 39.8 Å². The Morgan fingerprint density at radius 1 is 1.08 bits per heavy atom. The van der Waals surface area contributed by atoms with Gasteiger partial charge in [-0.2, -0.15) is 26.3 Å². The summed E-state index contributed by atoms with van der Waals surface area (Å²) in [6, 6.07) is 0.775. The average molecular weight is 366 g/mol. The van der Waals surface area contributed by atoms with Crippen molar-refractivity contribution in [1.82, 2.24) is 10.2 Å². The third-order valence-corrected chi connectivity index (χ3v) is 3.67. The number of carbonyl (C=O) groups excluding carboxylic acids is 1. The van der Waals surface area contributed by atoms with E-state index in [4.69, 9.17) is 5.11 Å². The molecule has 0 aromatic heterocycles. The van der Waals surface area contributed by atoms with E-state index in [-0.39, 0.29) is 0 Å². The van der Waals surface area contributed by atoms with Crippen molar-refractivity contribution in [3.05, 3.63) is 0 Å². The van der Waals surface area contributed by atoms with E-state index in [9.17, 15) is 31.1 Å². The third-order valence-electron chi connectivity index (χ3n) is 3.67. The van der Waals surface area contributed by atoms with E-state index in [0.717, 1.165) is 13.0 Å². The molecule has 0 spiro atoms. The summed E-state index contributed by atoms with van der Waals surface area (Å²) < 4.78 is 72.3. The van der Waals surface area contributed by atoms with Crippen LogP contribution in [0, 0.1) is 0 Å². The first-order valence-corrected chi connectivity index (χ1v) is 7.56. The van der Waals surface area contributed by atoms with Crippen molar-refractivity contribution >= 4 is 5.91 Å². The maximum Gasteiger partial charge on any atom is 0.426 e. The van der Waals surface area contributed by atoms with E-state index in [1.54, 1.807) is 5.32 Å². The summed E-state index contributed by atoms with van der Waals surface area (Å²) in [5.41, 5.74) is -4.80. The van der Waals surface area contributed by atoms with Crippen LogP contribution in [0.3, 0.4) is 0 Å². The minimum Gasteiger partial charge on any atom is -0.374 e. The molecule has 24 heavy (non-hydrogen) atoms. The molecular formula is C14H24F6N2O2. The first kappa shape index (κ1) is 23.0. The van der Waals surface area contributed by atoms with Gasteiger partial charge in [0.15, 0.2) is 0 Å². The lowest BCUT2D eigenvalue weighted by Gasteiger charge is -2.32. The van der Waals surface area contributed by atoms with Gasteiger partial charge in [0.25, 0.3) is 5.60 Å². The number of hydrogen-bond donors (Lipinski definition) is 2. The maximum absolute atomic E-state index is 12.0. The Balaban J connectivity index is 0.000000546. The molecule has 144 valence electrons. The molecule has 10 heteroatoms. The van der Waals surface area contributed by atoms with Crippen molar-refractivity contribution in [2.75, 3.05) is 19.6 Å². The van der Waals surface area contributed by atoms with Crippen LogP contribution in [0.2, 0.25) is 0 Å². The molecule has 0 unspecified atom stereocenters. The number of amides is 1. The van der Waals surface area contributed by atoms with Crippen LogP contribution < -0.4 is 5.32 Å². The lowest BCUT2D eigenvalue weighted by Crippen LogP contribution is -2.58. The molecule has 0 radical (unpaired) electrons. The first-order valence-electron chi connectivity index (χ1n) is 7.56. The SMILES string of the molecule is CC(=O)NCCC(O)(C(F)(F)F)C(F)(F)F.CC(C)N1CCCC1. The lowest BCUT2D eigenvalue weighted by atomic mass is 9.98. The second-order valence-corrected chi connectivity index (χ2v) is 5.93. The van der Waals surface area contributed by atoms with Crippen LogP contribution in [0.1, 0.15) is 40.0 Å². The van der Waals surface area contributed by atoms with Gasteiger partial charge in [-0.1, -0.05) is 0 Å². The highest BCUT2D eigenvalue weighted by Crippen LogP contribution is 2.44. The third kappa shape index (κ3) is 6.84. The minimum atomic E-state index is -5.84. The smallest absolute Gasteiger partial charge is 0.374 e. The summed E-state index contributed by atoms with van der Waals surface area (Å²) in [5, 5.41) is 10.3. The maximum atomic E-state index is 12.0. The molecule has 0 aromatic rings. The quantitative estimate of drug-likeness (QED) is 0.753. The van der Waals surface area contributed by atoms with Gasteiger partial charge >= 0.3 is 12.4 Å². The predicted octanol–water partition coefficient (Wildman–Crippen LogP) is 2.86. The highest BCUT2D eigenvalue weighted by atomic mass is 19.4. The Bertz CT molecular complexity index is 376. The van der Waals surface area contributed by atoms with Crippen LogP contribution in [0.4, 0.5) is 26.3 Å². The Morgan fingerprint density at radius 3 is 1.75 bits per heavy atom. The number of hydrogen-bond acceptors (Lipinski definition) is 3. The van der Waals surface area contributed by atoms with Gasteiger partial charge < -0.3 is 15.3 Å². The molecule has 0 aromatic carbocycles. The molecule has 0 atom stereocenters. The van der Waals surface area contributed by atoms with E-state index >= 15 is 0 Å². The van der Waals surface area contributed by atoms with Gasteiger partial charge in [-0.15, -0.1) is 0 Å². The van der Waals surface area contributed by atoms with E-state index in [1.807, 2.05) is 0 Å². The average Bonchev–Trinajstić information content (AvgIpc) is 2.90. The van der Waals surface area contributed by atoms with Gasteiger partial charge in [0.05, 0.1) is 0 Å². The fraction of sp³-hybridized carbons (Fsp3) is 0.929. The Morgan fingerprint density at radius 2 is 1.50 bits per heavy atom. The lowest BCUT2D eigenvalue weighted by molar-refractivity contribution is -0.369. The van der Waals surface area contributed by atoms with Crippen LogP contribution in [0.25, 0.3) is 0 Å².